The van der Waals surface area contributed by atoms with Crippen LogP contribution in [0.25, 0.3) is 0 Å². The summed E-state index contributed by atoms with van der Waals surface area (Å²) >= 11 is 0. The van der Waals surface area contributed by atoms with Gasteiger partial charge in [-0.2, -0.15) is 0 Å². The van der Waals surface area contributed by atoms with Gasteiger partial charge < -0.3 is 5.32 Å². The molecule has 84 valence electrons. The summed E-state index contributed by atoms with van der Waals surface area (Å²) < 4.78 is 0. The minimum absolute atomic E-state index is 0.385. The monoisotopic (exact) mass is 207 g/mol. The first-order valence-electron chi connectivity index (χ1n) is 5.99. The highest BCUT2D eigenvalue weighted by Gasteiger charge is 2.13. The maximum Gasteiger partial charge on any atom is 0.132 e. The maximum absolute atomic E-state index is 11.5. The Balaban J connectivity index is 2.03. The number of hydrogen-bond acceptors (Lipinski definition) is 2. The summed E-state index contributed by atoms with van der Waals surface area (Å²) in [6, 6.07) is 0. The Hall–Kier alpha value is -0.810. The molecule has 1 aliphatic heterocycles. The number of unbranched alkanes of at least 4 members (excludes halogenated alkanes) is 1. The zero-order chi connectivity index (χ0) is 10.9. The lowest BCUT2D eigenvalue weighted by molar-refractivity contribution is -0.119. The molecular weight excluding hydrogens is 186 g/mol. The smallest absolute Gasteiger partial charge is 0.132 e. The van der Waals surface area contributed by atoms with Gasteiger partial charge in [-0.1, -0.05) is 0 Å². The van der Waals surface area contributed by atoms with Crippen LogP contribution in [0.1, 0.15) is 44.9 Å². The minimum atomic E-state index is 0.385. The van der Waals surface area contributed by atoms with E-state index in [1.807, 2.05) is 0 Å². The van der Waals surface area contributed by atoms with Crippen molar-refractivity contribution in [2.45, 2.75) is 44.9 Å². The summed E-state index contributed by atoms with van der Waals surface area (Å²) in [7, 11) is 0. The van der Waals surface area contributed by atoms with Crippen molar-refractivity contribution in [3.63, 3.8) is 0 Å². The van der Waals surface area contributed by atoms with Crippen molar-refractivity contribution >= 4 is 5.78 Å². The standard InChI is InChI=1S/C13H21NO/c1-2-3-4-7-13(15)9-8-12-6-5-10-14-11-12/h1,12,14H,3-11H2. The molecule has 1 rings (SSSR count). The summed E-state index contributed by atoms with van der Waals surface area (Å²) in [5.74, 6) is 3.67. The lowest BCUT2D eigenvalue weighted by atomic mass is 9.93. The van der Waals surface area contributed by atoms with Crippen molar-refractivity contribution < 1.29 is 4.79 Å². The summed E-state index contributed by atoms with van der Waals surface area (Å²) in [6.45, 7) is 2.24. The second-order valence-corrected chi connectivity index (χ2v) is 4.35. The third-order valence-electron chi connectivity index (χ3n) is 3.01. The number of hydrogen-bond donors (Lipinski definition) is 1. The van der Waals surface area contributed by atoms with Crippen molar-refractivity contribution in [1.29, 1.82) is 0 Å². The summed E-state index contributed by atoms with van der Waals surface area (Å²) in [4.78, 5) is 11.5. The summed E-state index contributed by atoms with van der Waals surface area (Å²) in [5, 5.41) is 3.37. The van der Waals surface area contributed by atoms with Gasteiger partial charge >= 0.3 is 0 Å². The van der Waals surface area contributed by atoms with Crippen LogP contribution in [0.2, 0.25) is 0 Å². The number of piperidine rings is 1. The molecule has 0 spiro atoms. The first-order chi connectivity index (χ1) is 7.33. The van der Waals surface area contributed by atoms with E-state index in [0.717, 1.165) is 44.7 Å². The predicted octanol–water partition coefficient (Wildman–Crippen LogP) is 2.14. The van der Waals surface area contributed by atoms with Crippen LogP contribution in [0.15, 0.2) is 0 Å². The maximum atomic E-state index is 11.5. The molecule has 0 aromatic carbocycles. The van der Waals surface area contributed by atoms with E-state index < -0.39 is 0 Å². The predicted molar refractivity (Wildman–Crippen MR) is 62.5 cm³/mol. The van der Waals surface area contributed by atoms with Gasteiger partial charge in [-0.05, 0) is 44.7 Å². The van der Waals surface area contributed by atoms with E-state index in [1.54, 1.807) is 0 Å². The van der Waals surface area contributed by atoms with E-state index in [-0.39, 0.29) is 0 Å². The molecular formula is C13H21NO. The van der Waals surface area contributed by atoms with Gasteiger partial charge in [0.1, 0.15) is 5.78 Å². The Labute approximate surface area is 92.8 Å². The molecule has 15 heavy (non-hydrogen) atoms. The highest BCUT2D eigenvalue weighted by atomic mass is 16.1. The van der Waals surface area contributed by atoms with Crippen LogP contribution in [-0.4, -0.2) is 18.9 Å². The molecule has 0 bridgehead atoms. The van der Waals surface area contributed by atoms with Gasteiger partial charge in [-0.3, -0.25) is 4.79 Å². The number of nitrogens with one attached hydrogen (secondary N) is 1. The Kier molecular flexibility index (Phi) is 6.11. The average molecular weight is 207 g/mol. The first kappa shape index (κ1) is 12.3. The van der Waals surface area contributed by atoms with Crippen LogP contribution in [0.5, 0.6) is 0 Å². The SMILES string of the molecule is C#CCCCC(=O)CCC1CCCNC1. The van der Waals surface area contributed by atoms with Crippen LogP contribution in [0.4, 0.5) is 0 Å². The highest BCUT2D eigenvalue weighted by Crippen LogP contribution is 2.16. The van der Waals surface area contributed by atoms with Gasteiger partial charge in [-0.25, -0.2) is 0 Å². The quantitative estimate of drug-likeness (QED) is 0.534. The van der Waals surface area contributed by atoms with E-state index >= 15 is 0 Å². The fourth-order valence-corrected chi connectivity index (χ4v) is 2.05. The van der Waals surface area contributed by atoms with Crippen LogP contribution in [0.3, 0.4) is 0 Å². The molecule has 2 heteroatoms. The van der Waals surface area contributed by atoms with E-state index in [0.29, 0.717) is 12.2 Å². The minimum Gasteiger partial charge on any atom is -0.316 e. The fraction of sp³-hybridized carbons (Fsp3) is 0.769. The fourth-order valence-electron chi connectivity index (χ4n) is 2.05. The largest absolute Gasteiger partial charge is 0.316 e. The first-order valence-corrected chi connectivity index (χ1v) is 5.99. The van der Waals surface area contributed by atoms with Gasteiger partial charge in [-0.15, -0.1) is 12.3 Å². The molecule has 1 unspecified atom stereocenters. The second kappa shape index (κ2) is 7.48. The number of carbonyl (C=O) groups is 1. The molecule has 2 nitrogen and oxygen atoms in total. The molecule has 0 aliphatic carbocycles. The molecule has 0 aromatic rings. The molecule has 1 N–H and O–H groups in total. The Morgan fingerprint density at radius 1 is 1.47 bits per heavy atom. The molecule has 1 fully saturated rings. The molecule has 0 amide bonds. The average Bonchev–Trinajstić information content (AvgIpc) is 2.28. The number of Topliss-reactive ketones (excluding diaryl/α,β-unsaturated/α-hetero) is 1. The van der Waals surface area contributed by atoms with Crippen LogP contribution in [0, 0.1) is 18.3 Å². The van der Waals surface area contributed by atoms with Crippen LogP contribution in [-0.2, 0) is 4.79 Å². The van der Waals surface area contributed by atoms with E-state index in [9.17, 15) is 4.79 Å². The number of carbonyl (C=O) groups excluding carboxylic acids is 1. The topological polar surface area (TPSA) is 29.1 Å². The lowest BCUT2D eigenvalue weighted by Gasteiger charge is -2.22. The van der Waals surface area contributed by atoms with E-state index in [2.05, 4.69) is 11.2 Å². The molecule has 1 heterocycles. The van der Waals surface area contributed by atoms with Crippen LogP contribution < -0.4 is 5.32 Å². The molecule has 1 aliphatic rings. The van der Waals surface area contributed by atoms with Crippen molar-refractivity contribution in [2.75, 3.05) is 13.1 Å². The highest BCUT2D eigenvalue weighted by molar-refractivity contribution is 5.78. The number of ketones is 1. The normalized spacial score (nSPS) is 20.9. The van der Waals surface area contributed by atoms with Gasteiger partial charge in [0.25, 0.3) is 0 Å². The Morgan fingerprint density at radius 3 is 3.00 bits per heavy atom. The van der Waals surface area contributed by atoms with Gasteiger partial charge in [0.2, 0.25) is 0 Å². The Bertz CT molecular complexity index is 223. The Morgan fingerprint density at radius 2 is 2.33 bits per heavy atom. The third kappa shape index (κ3) is 5.59. The van der Waals surface area contributed by atoms with Crippen molar-refractivity contribution in [1.82, 2.24) is 5.32 Å². The van der Waals surface area contributed by atoms with Gasteiger partial charge in [0.15, 0.2) is 0 Å². The lowest BCUT2D eigenvalue weighted by Crippen LogP contribution is -2.29. The molecule has 0 aromatic heterocycles. The second-order valence-electron chi connectivity index (χ2n) is 4.35. The summed E-state index contributed by atoms with van der Waals surface area (Å²) in [6.07, 6.45) is 11.7. The van der Waals surface area contributed by atoms with Crippen LogP contribution >= 0.6 is 0 Å². The van der Waals surface area contributed by atoms with Gasteiger partial charge in [0, 0.05) is 19.3 Å². The zero-order valence-corrected chi connectivity index (χ0v) is 9.43. The molecule has 1 atom stereocenters. The van der Waals surface area contributed by atoms with Gasteiger partial charge in [0.05, 0.1) is 0 Å². The molecule has 1 saturated heterocycles. The summed E-state index contributed by atoms with van der Waals surface area (Å²) in [5.41, 5.74) is 0. The number of terminal acetylenes is 1. The van der Waals surface area contributed by atoms with E-state index in [1.165, 1.54) is 12.8 Å². The third-order valence-corrected chi connectivity index (χ3v) is 3.01. The van der Waals surface area contributed by atoms with Crippen molar-refractivity contribution in [3.05, 3.63) is 0 Å². The van der Waals surface area contributed by atoms with Crippen molar-refractivity contribution in [3.8, 4) is 12.3 Å². The molecule has 0 saturated carbocycles. The number of rotatable bonds is 6. The van der Waals surface area contributed by atoms with Crippen molar-refractivity contribution in [2.24, 2.45) is 5.92 Å². The van der Waals surface area contributed by atoms with E-state index in [4.69, 9.17) is 6.42 Å². The molecule has 0 radical (unpaired) electrons. The zero-order valence-electron chi connectivity index (χ0n) is 9.43.